The highest BCUT2D eigenvalue weighted by Gasteiger charge is 2.26. The van der Waals surface area contributed by atoms with Crippen LogP contribution in [0.3, 0.4) is 0 Å². The van der Waals surface area contributed by atoms with Crippen LogP contribution in [0.4, 0.5) is 0 Å². The van der Waals surface area contributed by atoms with E-state index in [1.165, 1.54) is 0 Å². The first kappa shape index (κ1) is 18.3. The SMILES string of the molecule is CCc1cc(=O)nc2n1C[C@@H](COc1ccc(C(C)(C)C)c(OC)c1)O2. The molecule has 0 N–H and O–H groups in total. The molecule has 0 aliphatic carbocycles. The summed E-state index contributed by atoms with van der Waals surface area (Å²) in [5.74, 6) is 1.54. The van der Waals surface area contributed by atoms with Gasteiger partial charge in [0.1, 0.15) is 18.1 Å². The lowest BCUT2D eigenvalue weighted by molar-refractivity contribution is 0.143. The minimum Gasteiger partial charge on any atom is -0.496 e. The summed E-state index contributed by atoms with van der Waals surface area (Å²) >= 11 is 0. The fourth-order valence-corrected chi connectivity index (χ4v) is 3.16. The highest BCUT2D eigenvalue weighted by Crippen LogP contribution is 2.34. The van der Waals surface area contributed by atoms with Crippen molar-refractivity contribution in [1.82, 2.24) is 9.55 Å². The first-order valence-electron chi connectivity index (χ1n) is 8.90. The van der Waals surface area contributed by atoms with E-state index in [1.807, 2.05) is 29.7 Å². The number of hydrogen-bond donors (Lipinski definition) is 0. The van der Waals surface area contributed by atoms with Crippen LogP contribution in [0.2, 0.25) is 0 Å². The van der Waals surface area contributed by atoms with Crippen molar-refractivity contribution in [1.29, 1.82) is 0 Å². The van der Waals surface area contributed by atoms with Gasteiger partial charge in [-0.05, 0) is 23.5 Å². The number of rotatable bonds is 5. The summed E-state index contributed by atoms with van der Waals surface area (Å²) in [6, 6.07) is 7.83. The second-order valence-electron chi connectivity index (χ2n) is 7.50. The third-order valence-corrected chi connectivity index (χ3v) is 4.51. The molecule has 6 nitrogen and oxygen atoms in total. The second-order valence-corrected chi connectivity index (χ2v) is 7.50. The standard InChI is InChI=1S/C20H26N2O4/c1-6-13-9-18(23)21-19-22(13)11-15(26-19)12-25-14-7-8-16(20(2,3)4)17(10-14)24-5/h7-10,15H,6,11-12H2,1-5H3/t15-/m0/s1. The number of ether oxygens (including phenoxy) is 3. The van der Waals surface area contributed by atoms with Crippen LogP contribution in [0.5, 0.6) is 17.5 Å². The Morgan fingerprint density at radius 1 is 1.31 bits per heavy atom. The van der Waals surface area contributed by atoms with E-state index in [0.29, 0.717) is 19.2 Å². The predicted molar refractivity (Wildman–Crippen MR) is 99.5 cm³/mol. The van der Waals surface area contributed by atoms with E-state index in [1.54, 1.807) is 13.2 Å². The highest BCUT2D eigenvalue weighted by atomic mass is 16.6. The van der Waals surface area contributed by atoms with Crippen molar-refractivity contribution >= 4 is 0 Å². The largest absolute Gasteiger partial charge is 0.496 e. The monoisotopic (exact) mass is 358 g/mol. The van der Waals surface area contributed by atoms with E-state index >= 15 is 0 Å². The van der Waals surface area contributed by atoms with Gasteiger partial charge in [-0.15, -0.1) is 0 Å². The lowest BCUT2D eigenvalue weighted by Gasteiger charge is -2.22. The van der Waals surface area contributed by atoms with Gasteiger partial charge in [0, 0.05) is 17.8 Å². The van der Waals surface area contributed by atoms with Crippen molar-refractivity contribution in [3.63, 3.8) is 0 Å². The lowest BCUT2D eigenvalue weighted by atomic mass is 9.86. The number of aryl methyl sites for hydroxylation is 1. The molecule has 6 heteroatoms. The van der Waals surface area contributed by atoms with Crippen molar-refractivity contribution in [3.8, 4) is 17.5 Å². The van der Waals surface area contributed by atoms with Crippen LogP contribution in [0.25, 0.3) is 0 Å². The summed E-state index contributed by atoms with van der Waals surface area (Å²) in [6.07, 6.45) is 0.579. The van der Waals surface area contributed by atoms with Crippen molar-refractivity contribution in [2.75, 3.05) is 13.7 Å². The fraction of sp³-hybridized carbons (Fsp3) is 0.500. The molecule has 1 atom stereocenters. The molecule has 0 saturated heterocycles. The van der Waals surface area contributed by atoms with Crippen molar-refractivity contribution in [3.05, 3.63) is 45.9 Å². The molecule has 0 amide bonds. The summed E-state index contributed by atoms with van der Waals surface area (Å²) in [7, 11) is 1.67. The van der Waals surface area contributed by atoms with Gasteiger partial charge in [-0.3, -0.25) is 9.36 Å². The molecule has 1 aromatic heterocycles. The summed E-state index contributed by atoms with van der Waals surface area (Å²) < 4.78 is 19.2. The maximum absolute atomic E-state index is 11.6. The third kappa shape index (κ3) is 3.69. The number of aromatic nitrogens is 2. The molecular formula is C20H26N2O4. The second kappa shape index (κ2) is 7.02. The lowest BCUT2D eigenvalue weighted by Crippen LogP contribution is -2.23. The van der Waals surface area contributed by atoms with Crippen molar-refractivity contribution in [2.24, 2.45) is 0 Å². The Hall–Kier alpha value is -2.50. The Labute approximate surface area is 153 Å². The van der Waals surface area contributed by atoms with Crippen LogP contribution in [-0.4, -0.2) is 29.4 Å². The summed E-state index contributed by atoms with van der Waals surface area (Å²) in [6.45, 7) is 9.45. The Morgan fingerprint density at radius 3 is 2.73 bits per heavy atom. The average molecular weight is 358 g/mol. The highest BCUT2D eigenvalue weighted by molar-refractivity contribution is 5.44. The number of nitrogens with zero attached hydrogens (tertiary/aromatic N) is 2. The molecule has 1 aliphatic rings. The fourth-order valence-electron chi connectivity index (χ4n) is 3.16. The van der Waals surface area contributed by atoms with E-state index in [9.17, 15) is 4.79 Å². The maximum Gasteiger partial charge on any atom is 0.300 e. The molecule has 0 bridgehead atoms. The Balaban J connectivity index is 1.70. The van der Waals surface area contributed by atoms with Gasteiger partial charge in [-0.2, -0.15) is 4.98 Å². The van der Waals surface area contributed by atoms with Gasteiger partial charge in [0.2, 0.25) is 0 Å². The molecule has 2 aromatic rings. The predicted octanol–water partition coefficient (Wildman–Crippen LogP) is 2.95. The van der Waals surface area contributed by atoms with E-state index in [-0.39, 0.29) is 17.1 Å². The maximum atomic E-state index is 11.6. The van der Waals surface area contributed by atoms with Gasteiger partial charge in [0.15, 0.2) is 6.10 Å². The molecule has 1 aliphatic heterocycles. The molecule has 1 aromatic carbocycles. The Bertz CT molecular complexity index is 852. The molecule has 2 heterocycles. The van der Waals surface area contributed by atoms with E-state index in [2.05, 4.69) is 25.8 Å². The summed E-state index contributed by atoms with van der Waals surface area (Å²) in [5.41, 5.74) is 1.79. The van der Waals surface area contributed by atoms with Crippen molar-refractivity contribution in [2.45, 2.75) is 52.2 Å². The number of methoxy groups -OCH3 is 1. The molecule has 3 rings (SSSR count). The molecule has 0 saturated carbocycles. The van der Waals surface area contributed by atoms with Crippen LogP contribution in [0.1, 0.15) is 39.0 Å². The molecule has 0 spiro atoms. The molecule has 26 heavy (non-hydrogen) atoms. The molecule has 0 fully saturated rings. The minimum absolute atomic E-state index is 0.00498. The Morgan fingerprint density at radius 2 is 2.08 bits per heavy atom. The van der Waals surface area contributed by atoms with Gasteiger partial charge in [0.05, 0.1) is 13.7 Å². The van der Waals surface area contributed by atoms with Gasteiger partial charge in [-0.1, -0.05) is 33.8 Å². The average Bonchev–Trinajstić information content (AvgIpc) is 3.00. The van der Waals surface area contributed by atoms with Crippen molar-refractivity contribution < 1.29 is 14.2 Å². The molecule has 0 unspecified atom stereocenters. The van der Waals surface area contributed by atoms with Gasteiger partial charge in [-0.25, -0.2) is 0 Å². The Kier molecular flexibility index (Phi) is 4.94. The molecular weight excluding hydrogens is 332 g/mol. The topological polar surface area (TPSA) is 62.6 Å². The van der Waals surface area contributed by atoms with Crippen LogP contribution in [0.15, 0.2) is 29.1 Å². The first-order valence-corrected chi connectivity index (χ1v) is 8.90. The third-order valence-electron chi connectivity index (χ3n) is 4.51. The smallest absolute Gasteiger partial charge is 0.300 e. The zero-order chi connectivity index (χ0) is 18.9. The number of fused-ring (bicyclic) bond motifs is 1. The number of hydrogen-bond acceptors (Lipinski definition) is 5. The van der Waals surface area contributed by atoms with Gasteiger partial charge in [0.25, 0.3) is 11.6 Å². The summed E-state index contributed by atoms with van der Waals surface area (Å²) in [4.78, 5) is 15.6. The van der Waals surface area contributed by atoms with Crippen LogP contribution < -0.4 is 19.8 Å². The minimum atomic E-state index is -0.267. The van der Waals surface area contributed by atoms with Crippen LogP contribution >= 0.6 is 0 Å². The van der Waals surface area contributed by atoms with Crippen LogP contribution in [-0.2, 0) is 18.4 Å². The normalized spacial score (nSPS) is 16.1. The first-order chi connectivity index (χ1) is 12.3. The summed E-state index contributed by atoms with van der Waals surface area (Å²) in [5, 5.41) is 0. The van der Waals surface area contributed by atoms with E-state index < -0.39 is 0 Å². The zero-order valence-electron chi connectivity index (χ0n) is 16.0. The van der Waals surface area contributed by atoms with E-state index in [4.69, 9.17) is 14.2 Å². The van der Waals surface area contributed by atoms with E-state index in [0.717, 1.165) is 29.2 Å². The number of benzene rings is 1. The molecule has 0 radical (unpaired) electrons. The van der Waals surface area contributed by atoms with Gasteiger partial charge < -0.3 is 14.2 Å². The van der Waals surface area contributed by atoms with Crippen LogP contribution in [0, 0.1) is 0 Å². The quantitative estimate of drug-likeness (QED) is 0.822. The zero-order valence-corrected chi connectivity index (χ0v) is 16.0. The van der Waals surface area contributed by atoms with Gasteiger partial charge >= 0.3 is 0 Å². The molecule has 140 valence electrons.